The Morgan fingerprint density at radius 1 is 1.07 bits per heavy atom. The molecular weight excluding hydrogens is 401 g/mol. The zero-order valence-electron chi connectivity index (χ0n) is 15.5. The van der Waals surface area contributed by atoms with Gasteiger partial charge in [0.15, 0.2) is 0 Å². The van der Waals surface area contributed by atoms with E-state index in [9.17, 15) is 4.79 Å². The maximum Gasteiger partial charge on any atom is 0.269 e. The van der Waals surface area contributed by atoms with Gasteiger partial charge in [-0.15, -0.1) is 0 Å². The highest BCUT2D eigenvalue weighted by molar-refractivity contribution is 6.42. The minimum atomic E-state index is -0.311. The number of rotatable bonds is 6. The number of halogens is 2. The number of carbonyl (C=O) groups excluding carboxylic acids is 1. The van der Waals surface area contributed by atoms with Crippen LogP contribution in [0.5, 0.6) is 11.5 Å². The lowest BCUT2D eigenvalue weighted by Gasteiger charge is -2.17. The van der Waals surface area contributed by atoms with Gasteiger partial charge in [-0.05, 0) is 43.3 Å². The van der Waals surface area contributed by atoms with Gasteiger partial charge in [0.05, 0.1) is 36.0 Å². The van der Waals surface area contributed by atoms with E-state index in [-0.39, 0.29) is 11.9 Å². The highest BCUT2D eigenvalue weighted by atomic mass is 35.5. The number of H-pyrrole nitrogens is 1. The third-order valence-electron chi connectivity index (χ3n) is 4.29. The van der Waals surface area contributed by atoms with Gasteiger partial charge in [-0.25, -0.2) is 0 Å². The van der Waals surface area contributed by atoms with Crippen LogP contribution in [-0.2, 0) is 0 Å². The first-order valence-corrected chi connectivity index (χ1v) is 9.22. The number of aromatic nitrogens is 2. The van der Waals surface area contributed by atoms with Crippen LogP contribution in [-0.4, -0.2) is 30.3 Å². The van der Waals surface area contributed by atoms with Crippen molar-refractivity contribution in [3.63, 3.8) is 0 Å². The molecule has 3 rings (SSSR count). The van der Waals surface area contributed by atoms with Crippen LogP contribution in [0.15, 0.2) is 42.5 Å². The maximum absolute atomic E-state index is 12.6. The van der Waals surface area contributed by atoms with Crippen molar-refractivity contribution in [2.45, 2.75) is 13.0 Å². The van der Waals surface area contributed by atoms with Crippen LogP contribution in [0.3, 0.4) is 0 Å². The van der Waals surface area contributed by atoms with Crippen LogP contribution >= 0.6 is 23.2 Å². The minimum absolute atomic E-state index is 0.295. The number of aromatic amines is 1. The molecule has 1 atom stereocenters. The molecule has 2 N–H and O–H groups in total. The second-order valence-corrected chi connectivity index (χ2v) is 6.91. The quantitative estimate of drug-likeness (QED) is 0.595. The van der Waals surface area contributed by atoms with Gasteiger partial charge in [0.2, 0.25) is 0 Å². The second-order valence-electron chi connectivity index (χ2n) is 6.10. The summed E-state index contributed by atoms with van der Waals surface area (Å²) >= 11 is 12.0. The Hall–Kier alpha value is -2.70. The Morgan fingerprint density at radius 2 is 1.86 bits per heavy atom. The predicted molar refractivity (Wildman–Crippen MR) is 109 cm³/mol. The number of amides is 1. The smallest absolute Gasteiger partial charge is 0.269 e. The van der Waals surface area contributed by atoms with Gasteiger partial charge in [0.1, 0.15) is 17.2 Å². The first-order valence-electron chi connectivity index (χ1n) is 8.46. The van der Waals surface area contributed by atoms with Crippen LogP contribution in [0.25, 0.3) is 11.3 Å². The molecule has 0 bridgehead atoms. The highest BCUT2D eigenvalue weighted by Gasteiger charge is 2.18. The van der Waals surface area contributed by atoms with Crippen molar-refractivity contribution >= 4 is 29.1 Å². The topological polar surface area (TPSA) is 76.2 Å². The summed E-state index contributed by atoms with van der Waals surface area (Å²) in [4.78, 5) is 12.6. The molecule has 0 radical (unpaired) electrons. The molecular formula is C20H19Cl2N3O3. The van der Waals surface area contributed by atoms with Gasteiger partial charge < -0.3 is 14.8 Å². The fourth-order valence-corrected chi connectivity index (χ4v) is 3.07. The lowest BCUT2D eigenvalue weighted by atomic mass is 10.1. The molecule has 0 aliphatic carbocycles. The predicted octanol–water partition coefficient (Wildman–Crippen LogP) is 4.89. The largest absolute Gasteiger partial charge is 0.497 e. The molecule has 0 fully saturated rings. The molecule has 1 amide bonds. The van der Waals surface area contributed by atoms with E-state index in [1.807, 2.05) is 13.0 Å². The van der Waals surface area contributed by atoms with Crippen molar-refractivity contribution in [2.75, 3.05) is 14.2 Å². The van der Waals surface area contributed by atoms with Crippen molar-refractivity contribution in [1.82, 2.24) is 15.5 Å². The Morgan fingerprint density at radius 3 is 2.54 bits per heavy atom. The van der Waals surface area contributed by atoms with Gasteiger partial charge in [-0.2, -0.15) is 5.10 Å². The van der Waals surface area contributed by atoms with E-state index in [0.717, 1.165) is 11.1 Å². The molecule has 6 nitrogen and oxygen atoms in total. The van der Waals surface area contributed by atoms with Crippen molar-refractivity contribution in [2.24, 2.45) is 0 Å². The number of nitrogens with one attached hydrogen (secondary N) is 2. The molecule has 0 aliphatic rings. The van der Waals surface area contributed by atoms with Crippen molar-refractivity contribution in [3.8, 4) is 22.8 Å². The van der Waals surface area contributed by atoms with E-state index in [0.29, 0.717) is 32.9 Å². The van der Waals surface area contributed by atoms with E-state index in [4.69, 9.17) is 32.7 Å². The van der Waals surface area contributed by atoms with Crippen molar-refractivity contribution < 1.29 is 14.3 Å². The molecule has 0 spiro atoms. The van der Waals surface area contributed by atoms with Gasteiger partial charge in [-0.1, -0.05) is 29.3 Å². The summed E-state index contributed by atoms with van der Waals surface area (Å²) < 4.78 is 10.6. The fourth-order valence-electron chi connectivity index (χ4n) is 2.77. The van der Waals surface area contributed by atoms with E-state index < -0.39 is 0 Å². The normalized spacial score (nSPS) is 11.8. The zero-order chi connectivity index (χ0) is 20.3. The molecule has 2 aromatic carbocycles. The van der Waals surface area contributed by atoms with E-state index in [1.165, 1.54) is 0 Å². The molecule has 1 heterocycles. The molecule has 3 aromatic rings. The number of carbonyl (C=O) groups is 1. The Bertz CT molecular complexity index is 1000. The molecule has 1 aromatic heterocycles. The first kappa shape index (κ1) is 20.0. The molecule has 0 saturated carbocycles. The maximum atomic E-state index is 12.6. The van der Waals surface area contributed by atoms with Gasteiger partial charge >= 0.3 is 0 Å². The molecule has 0 saturated heterocycles. The summed E-state index contributed by atoms with van der Waals surface area (Å²) in [5.74, 6) is 1.05. The zero-order valence-corrected chi connectivity index (χ0v) is 17.1. The summed E-state index contributed by atoms with van der Waals surface area (Å²) in [6.07, 6.45) is 0. The lowest BCUT2D eigenvalue weighted by Crippen LogP contribution is -2.27. The standard InChI is InChI=1S/C20H19Cl2N3O3/c1-11(14-9-13(27-2)5-7-19(14)28-3)23-20(26)18-10-17(24-25-18)12-4-6-15(21)16(22)8-12/h4-11H,1-3H3,(H,23,26)(H,24,25). The monoisotopic (exact) mass is 419 g/mol. The Kier molecular flexibility index (Phi) is 6.11. The van der Waals surface area contributed by atoms with E-state index in [2.05, 4.69) is 15.5 Å². The summed E-state index contributed by atoms with van der Waals surface area (Å²) in [5.41, 5.74) is 2.48. The van der Waals surface area contributed by atoms with Crippen LogP contribution < -0.4 is 14.8 Å². The summed E-state index contributed by atoms with van der Waals surface area (Å²) in [7, 11) is 3.17. The fraction of sp³-hybridized carbons (Fsp3) is 0.200. The van der Waals surface area contributed by atoms with Crippen LogP contribution in [0, 0.1) is 0 Å². The van der Waals surface area contributed by atoms with Crippen molar-refractivity contribution in [1.29, 1.82) is 0 Å². The molecule has 146 valence electrons. The Balaban J connectivity index is 1.78. The van der Waals surface area contributed by atoms with Crippen LogP contribution in [0.1, 0.15) is 29.0 Å². The second kappa shape index (κ2) is 8.54. The number of ether oxygens (including phenoxy) is 2. The summed E-state index contributed by atoms with van der Waals surface area (Å²) in [6.45, 7) is 1.87. The van der Waals surface area contributed by atoms with Crippen LogP contribution in [0.4, 0.5) is 0 Å². The third kappa shape index (κ3) is 4.24. The molecule has 0 aliphatic heterocycles. The molecule has 1 unspecified atom stereocenters. The first-order chi connectivity index (χ1) is 13.4. The van der Waals surface area contributed by atoms with Gasteiger partial charge in [-0.3, -0.25) is 9.89 Å². The third-order valence-corrected chi connectivity index (χ3v) is 5.03. The Labute approximate surface area is 172 Å². The molecule has 28 heavy (non-hydrogen) atoms. The number of methoxy groups -OCH3 is 2. The number of benzene rings is 2. The minimum Gasteiger partial charge on any atom is -0.497 e. The summed E-state index contributed by atoms with van der Waals surface area (Å²) in [6, 6.07) is 12.0. The molecule has 8 heteroatoms. The SMILES string of the molecule is COc1ccc(OC)c(C(C)NC(=O)c2cc(-c3ccc(Cl)c(Cl)c3)n[nH]2)c1. The highest BCUT2D eigenvalue weighted by Crippen LogP contribution is 2.30. The van der Waals surface area contributed by atoms with E-state index >= 15 is 0 Å². The average Bonchev–Trinajstić information content (AvgIpc) is 3.19. The number of hydrogen-bond donors (Lipinski definition) is 2. The number of hydrogen-bond acceptors (Lipinski definition) is 4. The average molecular weight is 420 g/mol. The lowest BCUT2D eigenvalue weighted by molar-refractivity contribution is 0.0934. The number of nitrogens with zero attached hydrogens (tertiary/aromatic N) is 1. The van der Waals surface area contributed by atoms with Crippen LogP contribution in [0.2, 0.25) is 10.0 Å². The summed E-state index contributed by atoms with van der Waals surface area (Å²) in [5, 5.41) is 10.8. The van der Waals surface area contributed by atoms with Gasteiger partial charge in [0, 0.05) is 11.1 Å². The van der Waals surface area contributed by atoms with Gasteiger partial charge in [0.25, 0.3) is 5.91 Å². The van der Waals surface area contributed by atoms with Crippen molar-refractivity contribution in [3.05, 3.63) is 63.8 Å². The van der Waals surface area contributed by atoms with E-state index in [1.54, 1.807) is 50.6 Å².